The van der Waals surface area contributed by atoms with Gasteiger partial charge in [0.1, 0.15) is 5.92 Å². The second-order valence-electron chi connectivity index (χ2n) is 3.00. The molecule has 4 heteroatoms. The van der Waals surface area contributed by atoms with E-state index in [-0.39, 0.29) is 12.5 Å². The lowest BCUT2D eigenvalue weighted by molar-refractivity contribution is -0.149. The number of rotatable bonds is 2. The predicted molar refractivity (Wildman–Crippen MR) is 39.0 cm³/mol. The Bertz CT molecular complexity index is 179. The van der Waals surface area contributed by atoms with Gasteiger partial charge in [0.05, 0.1) is 6.10 Å². The van der Waals surface area contributed by atoms with Crippen molar-refractivity contribution >= 4 is 17.6 Å². The van der Waals surface area contributed by atoms with Crippen LogP contribution in [0.4, 0.5) is 4.39 Å². The van der Waals surface area contributed by atoms with E-state index in [0.29, 0.717) is 0 Å². The number of alkyl halides is 2. The second-order valence-corrected chi connectivity index (χ2v) is 3.63. The van der Waals surface area contributed by atoms with Crippen molar-refractivity contribution in [3.63, 3.8) is 0 Å². The third kappa shape index (κ3) is 2.06. The zero-order valence-electron chi connectivity index (χ0n) is 6.43. The molecule has 0 aliphatic heterocycles. The van der Waals surface area contributed by atoms with Crippen molar-refractivity contribution in [2.75, 3.05) is 0 Å². The lowest BCUT2D eigenvalue weighted by atomic mass is 10.4. The SMILES string of the molecule is CC(C)OC(=O)C1CC1(F)Cl. The van der Waals surface area contributed by atoms with Crippen molar-refractivity contribution in [1.29, 1.82) is 0 Å². The fraction of sp³-hybridized carbons (Fsp3) is 0.857. The van der Waals surface area contributed by atoms with E-state index in [9.17, 15) is 9.18 Å². The number of hydrogen-bond acceptors (Lipinski definition) is 2. The summed E-state index contributed by atoms with van der Waals surface area (Å²) in [7, 11) is 0. The van der Waals surface area contributed by atoms with Crippen LogP contribution in [0.15, 0.2) is 0 Å². The minimum absolute atomic E-state index is 0.0834. The van der Waals surface area contributed by atoms with Gasteiger partial charge < -0.3 is 4.74 Å². The van der Waals surface area contributed by atoms with Gasteiger partial charge in [0, 0.05) is 6.42 Å². The average Bonchev–Trinajstić information content (AvgIpc) is 2.38. The lowest BCUT2D eigenvalue weighted by Gasteiger charge is -2.06. The van der Waals surface area contributed by atoms with E-state index in [1.54, 1.807) is 13.8 Å². The molecule has 0 bridgehead atoms. The van der Waals surface area contributed by atoms with Crippen LogP contribution in [-0.2, 0) is 9.53 Å². The normalized spacial score (nSPS) is 35.5. The Balaban J connectivity index is 2.34. The van der Waals surface area contributed by atoms with Crippen LogP contribution in [0.5, 0.6) is 0 Å². The molecule has 2 nitrogen and oxygen atoms in total. The second kappa shape index (κ2) is 2.63. The zero-order chi connectivity index (χ0) is 8.65. The Morgan fingerprint density at radius 1 is 1.82 bits per heavy atom. The summed E-state index contributed by atoms with van der Waals surface area (Å²) in [5.41, 5.74) is 0. The van der Waals surface area contributed by atoms with Crippen LogP contribution in [0.25, 0.3) is 0 Å². The van der Waals surface area contributed by atoms with E-state index in [4.69, 9.17) is 16.3 Å². The average molecular weight is 181 g/mol. The van der Waals surface area contributed by atoms with Gasteiger partial charge >= 0.3 is 5.97 Å². The van der Waals surface area contributed by atoms with E-state index in [1.165, 1.54) is 0 Å². The summed E-state index contributed by atoms with van der Waals surface area (Å²) in [5.74, 6) is -1.27. The monoisotopic (exact) mass is 180 g/mol. The third-order valence-electron chi connectivity index (χ3n) is 1.46. The summed E-state index contributed by atoms with van der Waals surface area (Å²) in [6.45, 7) is 3.43. The van der Waals surface area contributed by atoms with E-state index in [0.717, 1.165) is 0 Å². The number of esters is 1. The molecule has 11 heavy (non-hydrogen) atoms. The van der Waals surface area contributed by atoms with E-state index in [1.807, 2.05) is 0 Å². The molecule has 2 atom stereocenters. The van der Waals surface area contributed by atoms with Gasteiger partial charge in [-0.15, -0.1) is 0 Å². The quantitative estimate of drug-likeness (QED) is 0.479. The minimum Gasteiger partial charge on any atom is -0.463 e. The molecule has 0 N–H and O–H groups in total. The molecule has 2 unspecified atom stereocenters. The van der Waals surface area contributed by atoms with Crippen LogP contribution in [0.1, 0.15) is 20.3 Å². The maximum absolute atomic E-state index is 12.6. The summed E-state index contributed by atoms with van der Waals surface area (Å²) < 4.78 is 17.4. The maximum Gasteiger partial charge on any atom is 0.313 e. The smallest absolute Gasteiger partial charge is 0.313 e. The molecule has 64 valence electrons. The first kappa shape index (κ1) is 8.78. The molecule has 0 saturated heterocycles. The maximum atomic E-state index is 12.6. The molecular formula is C7H10ClFO2. The number of halogens is 2. The summed E-state index contributed by atoms with van der Waals surface area (Å²) in [5, 5.41) is -1.83. The van der Waals surface area contributed by atoms with Gasteiger partial charge in [-0.3, -0.25) is 4.79 Å². The van der Waals surface area contributed by atoms with Crippen molar-refractivity contribution in [1.82, 2.24) is 0 Å². The van der Waals surface area contributed by atoms with Crippen LogP contribution in [0.3, 0.4) is 0 Å². The number of carbonyl (C=O) groups excluding carboxylic acids is 1. The molecule has 0 heterocycles. The Labute approximate surface area is 69.7 Å². The van der Waals surface area contributed by atoms with Crippen molar-refractivity contribution < 1.29 is 13.9 Å². The Hall–Kier alpha value is -0.310. The van der Waals surface area contributed by atoms with Gasteiger partial charge in [-0.05, 0) is 13.8 Å². The van der Waals surface area contributed by atoms with Gasteiger partial charge in [0.15, 0.2) is 5.13 Å². The molecule has 0 amide bonds. The van der Waals surface area contributed by atoms with Gasteiger partial charge in [0.25, 0.3) is 0 Å². The predicted octanol–water partition coefficient (Wildman–Crippen LogP) is 1.86. The lowest BCUT2D eigenvalue weighted by Crippen LogP contribution is -2.15. The highest BCUT2D eigenvalue weighted by Crippen LogP contribution is 2.51. The van der Waals surface area contributed by atoms with Gasteiger partial charge in [-0.25, -0.2) is 4.39 Å². The van der Waals surface area contributed by atoms with E-state index in [2.05, 4.69) is 0 Å². The van der Waals surface area contributed by atoms with E-state index >= 15 is 0 Å². The van der Waals surface area contributed by atoms with Crippen LogP contribution in [0.2, 0.25) is 0 Å². The summed E-state index contributed by atoms with van der Waals surface area (Å²) >= 11 is 5.22. The van der Waals surface area contributed by atoms with E-state index < -0.39 is 17.0 Å². The fourth-order valence-electron chi connectivity index (χ4n) is 0.783. The molecule has 0 spiro atoms. The molecule has 0 radical (unpaired) electrons. The molecular weight excluding hydrogens is 171 g/mol. The Kier molecular flexibility index (Phi) is 2.10. The Morgan fingerprint density at radius 2 is 2.27 bits per heavy atom. The molecule has 1 fully saturated rings. The third-order valence-corrected chi connectivity index (χ3v) is 1.88. The van der Waals surface area contributed by atoms with Crippen LogP contribution >= 0.6 is 11.6 Å². The molecule has 1 rings (SSSR count). The first-order chi connectivity index (χ1) is 4.93. The molecule has 1 aliphatic rings. The Morgan fingerprint density at radius 3 is 2.55 bits per heavy atom. The number of carbonyl (C=O) groups is 1. The summed E-state index contributed by atoms with van der Waals surface area (Å²) in [6, 6.07) is 0. The first-order valence-corrected chi connectivity index (χ1v) is 3.89. The van der Waals surface area contributed by atoms with Crippen LogP contribution in [-0.4, -0.2) is 17.2 Å². The highest BCUT2D eigenvalue weighted by atomic mass is 35.5. The molecule has 1 saturated carbocycles. The standard InChI is InChI=1S/C7H10ClFO2/c1-4(2)11-6(10)5-3-7(5,8)9/h4-5H,3H2,1-2H3. The number of hydrogen-bond donors (Lipinski definition) is 0. The van der Waals surface area contributed by atoms with Crippen LogP contribution < -0.4 is 0 Å². The topological polar surface area (TPSA) is 26.3 Å². The molecule has 0 aromatic heterocycles. The highest BCUT2D eigenvalue weighted by Gasteiger charge is 2.60. The minimum atomic E-state index is -1.83. The van der Waals surface area contributed by atoms with Crippen LogP contribution in [0, 0.1) is 5.92 Å². The number of ether oxygens (including phenoxy) is 1. The molecule has 0 aromatic carbocycles. The van der Waals surface area contributed by atoms with Gasteiger partial charge in [0.2, 0.25) is 0 Å². The van der Waals surface area contributed by atoms with Crippen molar-refractivity contribution in [3.8, 4) is 0 Å². The summed E-state index contributed by atoms with van der Waals surface area (Å²) in [4.78, 5) is 10.9. The largest absolute Gasteiger partial charge is 0.463 e. The fourth-order valence-corrected chi connectivity index (χ4v) is 1.03. The van der Waals surface area contributed by atoms with Crippen molar-refractivity contribution in [2.45, 2.75) is 31.5 Å². The first-order valence-electron chi connectivity index (χ1n) is 3.52. The van der Waals surface area contributed by atoms with Crippen molar-refractivity contribution in [3.05, 3.63) is 0 Å². The van der Waals surface area contributed by atoms with Gasteiger partial charge in [-0.2, -0.15) is 0 Å². The summed E-state index contributed by atoms with van der Waals surface area (Å²) in [6.07, 6.45) is -0.115. The van der Waals surface area contributed by atoms with Crippen molar-refractivity contribution in [2.24, 2.45) is 5.92 Å². The van der Waals surface area contributed by atoms with Gasteiger partial charge in [-0.1, -0.05) is 11.6 Å². The highest BCUT2D eigenvalue weighted by molar-refractivity contribution is 6.26. The zero-order valence-corrected chi connectivity index (χ0v) is 7.19. The molecule has 0 aromatic rings. The molecule has 1 aliphatic carbocycles.